The van der Waals surface area contributed by atoms with Crippen molar-refractivity contribution >= 4 is 18.0 Å². The average molecular weight is 446 g/mol. The molecule has 7 heteroatoms. The molecule has 3 rings (SSSR count). The first-order chi connectivity index (χ1) is 16.1. The van der Waals surface area contributed by atoms with Gasteiger partial charge in [-0.25, -0.2) is 5.43 Å². The van der Waals surface area contributed by atoms with Gasteiger partial charge in [-0.05, 0) is 48.7 Å². The third kappa shape index (κ3) is 7.21. The fourth-order valence-electron chi connectivity index (χ4n) is 3.03. The predicted octanol–water partition coefficient (Wildman–Crippen LogP) is 3.99. The van der Waals surface area contributed by atoms with Crippen molar-refractivity contribution < 1.29 is 19.1 Å². The van der Waals surface area contributed by atoms with E-state index in [1.54, 1.807) is 25.1 Å². The zero-order valence-electron chi connectivity index (χ0n) is 18.7. The van der Waals surface area contributed by atoms with Crippen LogP contribution in [0.15, 0.2) is 84.0 Å². The second kappa shape index (κ2) is 12.0. The summed E-state index contributed by atoms with van der Waals surface area (Å²) in [6.07, 6.45) is 1.44. The molecule has 0 fully saturated rings. The summed E-state index contributed by atoms with van der Waals surface area (Å²) in [6.45, 7) is 4.58. The summed E-state index contributed by atoms with van der Waals surface area (Å²) < 4.78 is 11.6. The Bertz CT molecular complexity index is 1090. The predicted molar refractivity (Wildman–Crippen MR) is 127 cm³/mol. The van der Waals surface area contributed by atoms with E-state index >= 15 is 0 Å². The van der Waals surface area contributed by atoms with Crippen molar-refractivity contribution in [1.82, 2.24) is 10.7 Å². The molecule has 0 aromatic heterocycles. The van der Waals surface area contributed by atoms with Crippen molar-refractivity contribution in [2.24, 2.45) is 5.10 Å². The van der Waals surface area contributed by atoms with Crippen molar-refractivity contribution in [2.45, 2.75) is 26.5 Å². The van der Waals surface area contributed by atoms with Crippen molar-refractivity contribution in [3.63, 3.8) is 0 Å². The lowest BCUT2D eigenvalue weighted by molar-refractivity contribution is -0.139. The second-order valence-corrected chi connectivity index (χ2v) is 7.22. The van der Waals surface area contributed by atoms with Crippen molar-refractivity contribution in [1.29, 1.82) is 0 Å². The monoisotopic (exact) mass is 445 g/mol. The molecule has 0 spiro atoms. The molecule has 0 saturated heterocycles. The van der Waals surface area contributed by atoms with Gasteiger partial charge in [0.25, 0.3) is 0 Å². The summed E-state index contributed by atoms with van der Waals surface area (Å²) in [5.74, 6) is -0.431. The molecule has 0 aliphatic carbocycles. The lowest BCUT2D eigenvalue weighted by Crippen LogP contribution is -2.39. The number of benzene rings is 3. The summed E-state index contributed by atoms with van der Waals surface area (Å²) in [7, 11) is 0. The summed E-state index contributed by atoms with van der Waals surface area (Å²) in [6, 6.07) is 24.3. The van der Waals surface area contributed by atoms with Gasteiger partial charge in [0.1, 0.15) is 6.61 Å². The number of hydrogen-bond donors (Lipinski definition) is 2. The van der Waals surface area contributed by atoms with E-state index < -0.39 is 11.8 Å². The molecule has 0 aliphatic rings. The lowest BCUT2D eigenvalue weighted by atomic mass is 10.1. The number of nitrogens with zero attached hydrogens (tertiary/aromatic N) is 1. The van der Waals surface area contributed by atoms with Gasteiger partial charge < -0.3 is 14.8 Å². The maximum absolute atomic E-state index is 12.1. The first-order valence-corrected chi connectivity index (χ1v) is 10.7. The van der Waals surface area contributed by atoms with Crippen LogP contribution < -0.4 is 20.2 Å². The quantitative estimate of drug-likeness (QED) is 0.296. The molecule has 3 aromatic carbocycles. The molecule has 2 N–H and O–H groups in total. The van der Waals surface area contributed by atoms with Crippen LogP contribution in [0.2, 0.25) is 0 Å². The topological polar surface area (TPSA) is 89.0 Å². The third-order valence-corrected chi connectivity index (χ3v) is 4.74. The Labute approximate surface area is 193 Å². The molecule has 0 unspecified atom stereocenters. The largest absolute Gasteiger partial charge is 0.490 e. The number of carbonyl (C=O) groups is 2. The number of hydrazone groups is 1. The van der Waals surface area contributed by atoms with E-state index in [-0.39, 0.29) is 6.04 Å². The maximum atomic E-state index is 12.1. The van der Waals surface area contributed by atoms with Gasteiger partial charge >= 0.3 is 11.8 Å². The van der Waals surface area contributed by atoms with Gasteiger partial charge in [-0.15, -0.1) is 0 Å². The van der Waals surface area contributed by atoms with Gasteiger partial charge in [-0.3, -0.25) is 9.59 Å². The summed E-state index contributed by atoms with van der Waals surface area (Å²) >= 11 is 0. The highest BCUT2D eigenvalue weighted by Crippen LogP contribution is 2.28. The number of carbonyl (C=O) groups excluding carboxylic acids is 2. The van der Waals surface area contributed by atoms with Gasteiger partial charge in [0.15, 0.2) is 11.5 Å². The summed E-state index contributed by atoms with van der Waals surface area (Å²) in [5.41, 5.74) is 4.88. The van der Waals surface area contributed by atoms with Crippen LogP contribution in [-0.4, -0.2) is 24.6 Å². The van der Waals surface area contributed by atoms with Crippen LogP contribution in [0, 0.1) is 0 Å². The summed E-state index contributed by atoms with van der Waals surface area (Å²) in [5, 5.41) is 6.53. The second-order valence-electron chi connectivity index (χ2n) is 7.22. The van der Waals surface area contributed by atoms with E-state index in [0.29, 0.717) is 30.3 Å². The normalized spacial score (nSPS) is 11.6. The van der Waals surface area contributed by atoms with E-state index in [2.05, 4.69) is 15.8 Å². The SMILES string of the molecule is CCOc1cc(/C=N\NC(=O)C(=O)N[C@H](C)c2ccccc2)ccc1OCc1ccccc1. The Morgan fingerprint density at radius 1 is 0.909 bits per heavy atom. The molecule has 1 atom stereocenters. The van der Waals surface area contributed by atoms with Gasteiger partial charge in [0.05, 0.1) is 18.9 Å². The van der Waals surface area contributed by atoms with Gasteiger partial charge in [0.2, 0.25) is 0 Å². The molecule has 3 aromatic rings. The Balaban J connectivity index is 1.56. The fourth-order valence-corrected chi connectivity index (χ4v) is 3.03. The molecule has 0 radical (unpaired) electrons. The zero-order chi connectivity index (χ0) is 23.5. The van der Waals surface area contributed by atoms with Crippen LogP contribution in [0.3, 0.4) is 0 Å². The Hall–Kier alpha value is -4.13. The first-order valence-electron chi connectivity index (χ1n) is 10.7. The molecular formula is C26H27N3O4. The zero-order valence-corrected chi connectivity index (χ0v) is 18.7. The standard InChI is InChI=1S/C26H27N3O4/c1-3-32-24-16-21(14-15-23(24)33-18-20-10-6-4-7-11-20)17-27-29-26(31)25(30)28-19(2)22-12-8-5-9-13-22/h4-17,19H,3,18H2,1-2H3,(H,28,30)(H,29,31)/b27-17-/t19-/m1/s1. The molecular weight excluding hydrogens is 418 g/mol. The van der Waals surface area contributed by atoms with E-state index in [1.807, 2.05) is 67.6 Å². The Kier molecular flexibility index (Phi) is 8.59. The van der Waals surface area contributed by atoms with E-state index in [1.165, 1.54) is 6.21 Å². The van der Waals surface area contributed by atoms with Gasteiger partial charge in [0, 0.05) is 0 Å². The van der Waals surface area contributed by atoms with E-state index in [0.717, 1.165) is 11.1 Å². The minimum absolute atomic E-state index is 0.300. The highest BCUT2D eigenvalue weighted by Gasteiger charge is 2.16. The minimum Gasteiger partial charge on any atom is -0.490 e. The maximum Gasteiger partial charge on any atom is 0.329 e. The van der Waals surface area contributed by atoms with Crippen LogP contribution in [0.25, 0.3) is 0 Å². The van der Waals surface area contributed by atoms with Crippen molar-refractivity contribution in [2.75, 3.05) is 6.61 Å². The minimum atomic E-state index is -0.845. The molecule has 0 saturated carbocycles. The first kappa shape index (κ1) is 23.5. The van der Waals surface area contributed by atoms with Crippen molar-refractivity contribution in [3.05, 3.63) is 95.6 Å². The van der Waals surface area contributed by atoms with Crippen LogP contribution in [0.1, 0.15) is 36.6 Å². The van der Waals surface area contributed by atoms with E-state index in [4.69, 9.17) is 9.47 Å². The number of nitrogens with one attached hydrogen (secondary N) is 2. The Morgan fingerprint density at radius 2 is 1.61 bits per heavy atom. The molecule has 2 amide bonds. The fraction of sp³-hybridized carbons (Fsp3) is 0.192. The lowest BCUT2D eigenvalue weighted by Gasteiger charge is -2.13. The van der Waals surface area contributed by atoms with Crippen molar-refractivity contribution in [3.8, 4) is 11.5 Å². The van der Waals surface area contributed by atoms with Gasteiger partial charge in [-0.2, -0.15) is 5.10 Å². The van der Waals surface area contributed by atoms with Crippen LogP contribution in [-0.2, 0) is 16.2 Å². The van der Waals surface area contributed by atoms with Crippen LogP contribution in [0.4, 0.5) is 0 Å². The van der Waals surface area contributed by atoms with Crippen LogP contribution in [0.5, 0.6) is 11.5 Å². The average Bonchev–Trinajstić information content (AvgIpc) is 2.84. The van der Waals surface area contributed by atoms with E-state index in [9.17, 15) is 9.59 Å². The molecule has 0 heterocycles. The molecule has 0 bridgehead atoms. The van der Waals surface area contributed by atoms with Crippen LogP contribution >= 0.6 is 0 Å². The Morgan fingerprint density at radius 3 is 2.30 bits per heavy atom. The highest BCUT2D eigenvalue weighted by molar-refractivity contribution is 6.35. The number of hydrogen-bond acceptors (Lipinski definition) is 5. The number of ether oxygens (including phenoxy) is 2. The van der Waals surface area contributed by atoms with Gasteiger partial charge in [-0.1, -0.05) is 60.7 Å². The number of amides is 2. The smallest absolute Gasteiger partial charge is 0.329 e. The third-order valence-electron chi connectivity index (χ3n) is 4.74. The number of rotatable bonds is 9. The molecule has 170 valence electrons. The molecule has 7 nitrogen and oxygen atoms in total. The highest BCUT2D eigenvalue weighted by atomic mass is 16.5. The molecule has 33 heavy (non-hydrogen) atoms. The molecule has 0 aliphatic heterocycles. The summed E-state index contributed by atoms with van der Waals surface area (Å²) in [4.78, 5) is 24.2.